The summed E-state index contributed by atoms with van der Waals surface area (Å²) < 4.78 is 0. The molecule has 1 unspecified atom stereocenters. The molecule has 2 N–H and O–H groups in total. The van der Waals surface area contributed by atoms with E-state index < -0.39 is 6.04 Å². The molecule has 0 saturated carbocycles. The summed E-state index contributed by atoms with van der Waals surface area (Å²) in [6.45, 7) is 2.41. The highest BCUT2D eigenvalue weighted by Crippen LogP contribution is 2.24. The zero-order valence-electron chi connectivity index (χ0n) is 13.8. The molecule has 1 aromatic carbocycles. The van der Waals surface area contributed by atoms with E-state index in [-0.39, 0.29) is 30.3 Å². The lowest BCUT2D eigenvalue weighted by atomic mass is 10.1. The molecule has 2 saturated heterocycles. The van der Waals surface area contributed by atoms with Gasteiger partial charge in [-0.3, -0.25) is 9.59 Å². The molecule has 138 valence electrons. The lowest BCUT2D eigenvalue weighted by molar-refractivity contribution is -0.125. The van der Waals surface area contributed by atoms with E-state index in [2.05, 4.69) is 10.6 Å². The van der Waals surface area contributed by atoms with Crippen LogP contribution in [0.1, 0.15) is 36.0 Å². The molecule has 1 aromatic rings. The summed E-state index contributed by atoms with van der Waals surface area (Å²) in [7, 11) is 0. The number of likely N-dealkylation sites (tertiary alicyclic amines) is 1. The van der Waals surface area contributed by atoms with Crippen molar-refractivity contribution in [2.24, 2.45) is 0 Å². The van der Waals surface area contributed by atoms with Gasteiger partial charge in [-0.15, -0.1) is 12.4 Å². The van der Waals surface area contributed by atoms with Crippen LogP contribution in [0.25, 0.3) is 0 Å². The van der Waals surface area contributed by atoms with E-state index in [0.717, 1.165) is 32.4 Å². The Morgan fingerprint density at radius 1 is 1.08 bits per heavy atom. The van der Waals surface area contributed by atoms with Gasteiger partial charge in [-0.25, -0.2) is 0 Å². The van der Waals surface area contributed by atoms with Gasteiger partial charge < -0.3 is 15.5 Å². The minimum Gasteiger partial charge on any atom is -0.351 e. The Labute approximate surface area is 163 Å². The van der Waals surface area contributed by atoms with Gasteiger partial charge in [-0.1, -0.05) is 23.2 Å². The summed E-state index contributed by atoms with van der Waals surface area (Å²) in [6, 6.07) is 4.55. The van der Waals surface area contributed by atoms with E-state index in [0.29, 0.717) is 28.6 Å². The van der Waals surface area contributed by atoms with Gasteiger partial charge in [0.1, 0.15) is 6.04 Å². The Hall–Kier alpha value is -1.01. The Morgan fingerprint density at radius 2 is 1.72 bits per heavy atom. The number of nitrogens with one attached hydrogen (secondary N) is 2. The number of rotatable bonds is 3. The number of piperidine rings is 1. The predicted molar refractivity (Wildman–Crippen MR) is 102 cm³/mol. The molecule has 2 heterocycles. The van der Waals surface area contributed by atoms with E-state index in [1.54, 1.807) is 23.1 Å². The van der Waals surface area contributed by atoms with E-state index in [4.69, 9.17) is 23.2 Å². The van der Waals surface area contributed by atoms with Crippen molar-refractivity contribution in [3.05, 3.63) is 33.8 Å². The predicted octanol–water partition coefficient (Wildman–Crippen LogP) is 2.89. The summed E-state index contributed by atoms with van der Waals surface area (Å²) in [6.07, 6.45) is 3.37. The van der Waals surface area contributed by atoms with Crippen molar-refractivity contribution < 1.29 is 9.59 Å². The summed E-state index contributed by atoms with van der Waals surface area (Å²) in [5.74, 6) is -0.247. The monoisotopic (exact) mass is 405 g/mol. The highest BCUT2D eigenvalue weighted by atomic mass is 35.5. The average Bonchev–Trinajstić information content (AvgIpc) is 3.04. The van der Waals surface area contributed by atoms with Crippen LogP contribution in [0.15, 0.2) is 18.2 Å². The average molecular weight is 407 g/mol. The van der Waals surface area contributed by atoms with Crippen molar-refractivity contribution in [1.82, 2.24) is 15.5 Å². The molecule has 25 heavy (non-hydrogen) atoms. The van der Waals surface area contributed by atoms with Gasteiger partial charge in [0.15, 0.2) is 0 Å². The second kappa shape index (κ2) is 9.08. The zero-order valence-corrected chi connectivity index (χ0v) is 16.1. The van der Waals surface area contributed by atoms with Gasteiger partial charge in [0.25, 0.3) is 5.91 Å². The highest BCUT2D eigenvalue weighted by molar-refractivity contribution is 6.35. The smallest absolute Gasteiger partial charge is 0.254 e. The molecule has 5 nitrogen and oxygen atoms in total. The maximum Gasteiger partial charge on any atom is 0.254 e. The first-order chi connectivity index (χ1) is 11.5. The van der Waals surface area contributed by atoms with Crippen LogP contribution in [0.3, 0.4) is 0 Å². The number of hydrogen-bond acceptors (Lipinski definition) is 3. The first-order valence-electron chi connectivity index (χ1n) is 8.33. The standard InChI is InChI=1S/C17H21Cl2N3O2.ClH/c18-12-8-11(9-13(19)10-12)17(24)22-7-1-2-15(22)16(23)21-14-3-5-20-6-4-14;/h8-10,14-15,20H,1-7H2,(H,21,23);1H. The van der Waals surface area contributed by atoms with Gasteiger partial charge in [0.2, 0.25) is 5.91 Å². The van der Waals surface area contributed by atoms with Crippen LogP contribution in [-0.2, 0) is 4.79 Å². The zero-order chi connectivity index (χ0) is 17.1. The molecule has 0 radical (unpaired) electrons. The van der Waals surface area contributed by atoms with Crippen LogP contribution in [0, 0.1) is 0 Å². The molecule has 1 atom stereocenters. The van der Waals surface area contributed by atoms with Gasteiger partial charge >= 0.3 is 0 Å². The van der Waals surface area contributed by atoms with Crippen LogP contribution in [0.5, 0.6) is 0 Å². The van der Waals surface area contributed by atoms with Crippen molar-refractivity contribution in [2.45, 2.75) is 37.8 Å². The van der Waals surface area contributed by atoms with E-state index >= 15 is 0 Å². The third kappa shape index (κ3) is 5.00. The molecule has 2 amide bonds. The molecule has 0 spiro atoms. The number of halogens is 3. The van der Waals surface area contributed by atoms with E-state index in [9.17, 15) is 9.59 Å². The normalized spacial score (nSPS) is 20.9. The van der Waals surface area contributed by atoms with Gasteiger partial charge in [0.05, 0.1) is 0 Å². The third-order valence-electron chi connectivity index (χ3n) is 4.61. The molecule has 0 bridgehead atoms. The second-order valence-electron chi connectivity index (χ2n) is 6.35. The minimum atomic E-state index is -0.412. The first-order valence-corrected chi connectivity index (χ1v) is 9.08. The van der Waals surface area contributed by atoms with Crippen molar-refractivity contribution in [2.75, 3.05) is 19.6 Å². The molecular weight excluding hydrogens is 385 g/mol. The summed E-state index contributed by atoms with van der Waals surface area (Å²) in [4.78, 5) is 27.0. The molecule has 8 heteroatoms. The third-order valence-corrected chi connectivity index (χ3v) is 5.05. The number of benzene rings is 1. The first kappa shape index (κ1) is 20.3. The molecule has 0 aromatic heterocycles. The van der Waals surface area contributed by atoms with Gasteiger partial charge in [-0.2, -0.15) is 0 Å². The SMILES string of the molecule is Cl.O=C(NC1CCNCC1)C1CCCN1C(=O)c1cc(Cl)cc(Cl)c1. The number of amides is 2. The van der Waals surface area contributed by atoms with Crippen molar-refractivity contribution in [1.29, 1.82) is 0 Å². The number of hydrogen-bond donors (Lipinski definition) is 2. The Balaban J connectivity index is 0.00000225. The topological polar surface area (TPSA) is 61.4 Å². The van der Waals surface area contributed by atoms with Crippen LogP contribution in [-0.4, -0.2) is 48.4 Å². The molecule has 2 aliphatic rings. The maximum absolute atomic E-state index is 12.8. The van der Waals surface area contributed by atoms with Gasteiger partial charge in [-0.05, 0) is 57.0 Å². The molecule has 2 aliphatic heterocycles. The molecule has 3 rings (SSSR count). The lowest BCUT2D eigenvalue weighted by Gasteiger charge is -2.28. The number of carbonyl (C=O) groups excluding carboxylic acids is 2. The summed E-state index contributed by atoms with van der Waals surface area (Å²) in [5, 5.41) is 7.21. The van der Waals surface area contributed by atoms with Gasteiger partial charge in [0, 0.05) is 28.2 Å². The Kier molecular flexibility index (Phi) is 7.37. The molecular formula is C17H22Cl3N3O2. The lowest BCUT2D eigenvalue weighted by Crippen LogP contribution is -2.51. The van der Waals surface area contributed by atoms with Crippen molar-refractivity contribution >= 4 is 47.4 Å². The summed E-state index contributed by atoms with van der Waals surface area (Å²) >= 11 is 12.0. The Morgan fingerprint density at radius 3 is 2.36 bits per heavy atom. The van der Waals surface area contributed by atoms with Crippen LogP contribution in [0.2, 0.25) is 10.0 Å². The maximum atomic E-state index is 12.8. The van der Waals surface area contributed by atoms with E-state index in [1.165, 1.54) is 0 Å². The fourth-order valence-electron chi connectivity index (χ4n) is 3.39. The van der Waals surface area contributed by atoms with Crippen molar-refractivity contribution in [3.63, 3.8) is 0 Å². The second-order valence-corrected chi connectivity index (χ2v) is 7.22. The minimum absolute atomic E-state index is 0. The molecule has 2 fully saturated rings. The van der Waals surface area contributed by atoms with Crippen LogP contribution in [0.4, 0.5) is 0 Å². The summed E-state index contributed by atoms with van der Waals surface area (Å²) in [5.41, 5.74) is 0.425. The van der Waals surface area contributed by atoms with Crippen molar-refractivity contribution in [3.8, 4) is 0 Å². The fraction of sp³-hybridized carbons (Fsp3) is 0.529. The fourth-order valence-corrected chi connectivity index (χ4v) is 3.92. The van der Waals surface area contributed by atoms with E-state index in [1.807, 2.05) is 0 Å². The largest absolute Gasteiger partial charge is 0.351 e. The quantitative estimate of drug-likeness (QED) is 0.811. The molecule has 0 aliphatic carbocycles. The highest BCUT2D eigenvalue weighted by Gasteiger charge is 2.35. The van der Waals surface area contributed by atoms with Crippen LogP contribution >= 0.6 is 35.6 Å². The Bertz CT molecular complexity index is 615. The number of carbonyl (C=O) groups is 2. The number of nitrogens with zero attached hydrogens (tertiary/aromatic N) is 1. The van der Waals surface area contributed by atoms with Crippen LogP contribution < -0.4 is 10.6 Å².